The molecule has 0 saturated heterocycles. The van der Waals surface area contributed by atoms with Gasteiger partial charge in [0.05, 0.1) is 12.1 Å². The molecule has 2 rings (SSSR count). The molecule has 1 fully saturated rings. The summed E-state index contributed by atoms with van der Waals surface area (Å²) in [6.45, 7) is 6.40. The number of rotatable bonds is 5. The number of amides is 2. The van der Waals surface area contributed by atoms with E-state index in [4.69, 9.17) is 4.74 Å². The monoisotopic (exact) mass is 320 g/mol. The van der Waals surface area contributed by atoms with Crippen LogP contribution in [0.15, 0.2) is 18.2 Å². The number of urea groups is 1. The fourth-order valence-corrected chi connectivity index (χ4v) is 2.95. The molecule has 5 heteroatoms. The highest BCUT2D eigenvalue weighted by atomic mass is 16.5. The molecule has 0 aromatic heterocycles. The van der Waals surface area contributed by atoms with Crippen molar-refractivity contribution >= 4 is 6.03 Å². The number of aryl methyl sites for hydroxylation is 2. The number of ether oxygens (including phenoxy) is 1. The van der Waals surface area contributed by atoms with Crippen LogP contribution in [0.25, 0.3) is 0 Å². The normalized spacial score (nSPS) is 22.3. The second-order valence-corrected chi connectivity index (χ2v) is 6.56. The molecule has 1 aromatic rings. The fourth-order valence-electron chi connectivity index (χ4n) is 2.95. The van der Waals surface area contributed by atoms with Gasteiger partial charge in [-0.25, -0.2) is 4.79 Å². The Labute approximate surface area is 138 Å². The number of hydrogen-bond acceptors (Lipinski definition) is 3. The van der Waals surface area contributed by atoms with Crippen molar-refractivity contribution in [1.29, 1.82) is 0 Å². The number of para-hydroxylation sites is 1. The van der Waals surface area contributed by atoms with Crippen LogP contribution in [0.2, 0.25) is 0 Å². The first-order valence-corrected chi connectivity index (χ1v) is 8.40. The van der Waals surface area contributed by atoms with Crippen molar-refractivity contribution in [2.75, 3.05) is 6.61 Å². The third-order valence-corrected chi connectivity index (χ3v) is 4.30. The van der Waals surface area contributed by atoms with Gasteiger partial charge in [0.15, 0.2) is 0 Å². The van der Waals surface area contributed by atoms with Crippen LogP contribution in [0.5, 0.6) is 5.75 Å². The van der Waals surface area contributed by atoms with E-state index < -0.39 is 0 Å². The standard InChI is InChI=1S/C18H28N2O3/c1-12-5-4-6-13(2)17(12)23-11-14(3)19-18(22)20-15-7-9-16(21)10-8-15/h4-6,14-16,21H,7-11H2,1-3H3,(H2,19,20,22)/t14-,15?,16?/m0/s1. The van der Waals surface area contributed by atoms with E-state index in [-0.39, 0.29) is 24.2 Å². The molecule has 0 unspecified atom stereocenters. The highest BCUT2D eigenvalue weighted by molar-refractivity contribution is 5.74. The van der Waals surface area contributed by atoms with Gasteiger partial charge in [0.25, 0.3) is 0 Å². The second kappa shape index (κ2) is 8.20. The summed E-state index contributed by atoms with van der Waals surface area (Å²) in [5, 5.41) is 15.4. The third-order valence-electron chi connectivity index (χ3n) is 4.30. The van der Waals surface area contributed by atoms with E-state index in [1.54, 1.807) is 0 Å². The average Bonchev–Trinajstić information content (AvgIpc) is 2.49. The van der Waals surface area contributed by atoms with E-state index >= 15 is 0 Å². The number of aliphatic hydroxyl groups excluding tert-OH is 1. The van der Waals surface area contributed by atoms with Crippen molar-refractivity contribution in [1.82, 2.24) is 10.6 Å². The second-order valence-electron chi connectivity index (χ2n) is 6.56. The summed E-state index contributed by atoms with van der Waals surface area (Å²) in [5.41, 5.74) is 2.20. The van der Waals surface area contributed by atoms with Crippen LogP contribution in [0.1, 0.15) is 43.7 Å². The van der Waals surface area contributed by atoms with Crippen LogP contribution in [0.3, 0.4) is 0 Å². The molecule has 23 heavy (non-hydrogen) atoms. The minimum atomic E-state index is -0.208. The van der Waals surface area contributed by atoms with E-state index in [1.165, 1.54) is 0 Å². The van der Waals surface area contributed by atoms with Crippen molar-refractivity contribution in [2.24, 2.45) is 0 Å². The third kappa shape index (κ3) is 5.43. The molecule has 0 spiro atoms. The van der Waals surface area contributed by atoms with Crippen molar-refractivity contribution < 1.29 is 14.6 Å². The molecule has 1 aliphatic carbocycles. The number of carbonyl (C=O) groups is 1. The zero-order valence-corrected chi connectivity index (χ0v) is 14.3. The van der Waals surface area contributed by atoms with Crippen molar-refractivity contribution in [3.63, 3.8) is 0 Å². The van der Waals surface area contributed by atoms with Crippen LogP contribution >= 0.6 is 0 Å². The van der Waals surface area contributed by atoms with E-state index in [0.29, 0.717) is 6.61 Å². The highest BCUT2D eigenvalue weighted by Gasteiger charge is 2.21. The Kier molecular flexibility index (Phi) is 6.28. The summed E-state index contributed by atoms with van der Waals surface area (Å²) >= 11 is 0. The Morgan fingerprint density at radius 1 is 1.26 bits per heavy atom. The van der Waals surface area contributed by atoms with Gasteiger partial charge in [-0.15, -0.1) is 0 Å². The summed E-state index contributed by atoms with van der Waals surface area (Å²) < 4.78 is 5.86. The molecule has 5 nitrogen and oxygen atoms in total. The summed E-state index contributed by atoms with van der Waals surface area (Å²) in [7, 11) is 0. The zero-order valence-electron chi connectivity index (χ0n) is 14.3. The predicted molar refractivity (Wildman–Crippen MR) is 90.8 cm³/mol. The molecule has 1 aromatic carbocycles. The predicted octanol–water partition coefficient (Wildman–Crippen LogP) is 2.67. The molecule has 0 radical (unpaired) electrons. The number of benzene rings is 1. The smallest absolute Gasteiger partial charge is 0.315 e. The number of hydrogen-bond donors (Lipinski definition) is 3. The van der Waals surface area contributed by atoms with Crippen LogP contribution in [0.4, 0.5) is 4.79 Å². The first kappa shape index (κ1) is 17.6. The van der Waals surface area contributed by atoms with Gasteiger partial charge >= 0.3 is 6.03 Å². The van der Waals surface area contributed by atoms with Gasteiger partial charge in [-0.2, -0.15) is 0 Å². The van der Waals surface area contributed by atoms with Gasteiger partial charge in [-0.1, -0.05) is 18.2 Å². The molecular formula is C18H28N2O3. The van der Waals surface area contributed by atoms with Crippen LogP contribution in [-0.2, 0) is 0 Å². The molecule has 3 N–H and O–H groups in total. The minimum absolute atomic E-state index is 0.0804. The van der Waals surface area contributed by atoms with Crippen LogP contribution in [-0.4, -0.2) is 35.9 Å². The van der Waals surface area contributed by atoms with Gasteiger partial charge < -0.3 is 20.5 Å². The Morgan fingerprint density at radius 2 is 1.87 bits per heavy atom. The summed E-state index contributed by atoms with van der Waals surface area (Å²) in [5.74, 6) is 0.892. The maximum Gasteiger partial charge on any atom is 0.315 e. The number of nitrogens with one attached hydrogen (secondary N) is 2. The average molecular weight is 320 g/mol. The van der Waals surface area contributed by atoms with Gasteiger partial charge in [-0.3, -0.25) is 0 Å². The van der Waals surface area contributed by atoms with Crippen molar-refractivity contribution in [2.45, 2.75) is 64.6 Å². The Morgan fingerprint density at radius 3 is 2.48 bits per heavy atom. The van der Waals surface area contributed by atoms with Gasteiger partial charge in [0.1, 0.15) is 12.4 Å². The van der Waals surface area contributed by atoms with Crippen LogP contribution in [0, 0.1) is 13.8 Å². The highest BCUT2D eigenvalue weighted by Crippen LogP contribution is 2.22. The quantitative estimate of drug-likeness (QED) is 0.781. The number of carbonyl (C=O) groups excluding carboxylic acids is 1. The Balaban J connectivity index is 1.74. The Bertz CT molecular complexity index is 505. The Hall–Kier alpha value is -1.75. The topological polar surface area (TPSA) is 70.6 Å². The lowest BCUT2D eigenvalue weighted by Crippen LogP contribution is -2.48. The van der Waals surface area contributed by atoms with Gasteiger partial charge in [0, 0.05) is 6.04 Å². The first-order valence-electron chi connectivity index (χ1n) is 8.40. The van der Waals surface area contributed by atoms with E-state index in [2.05, 4.69) is 10.6 Å². The van der Waals surface area contributed by atoms with E-state index in [9.17, 15) is 9.90 Å². The largest absolute Gasteiger partial charge is 0.491 e. The van der Waals surface area contributed by atoms with Crippen molar-refractivity contribution in [3.05, 3.63) is 29.3 Å². The maximum absolute atomic E-state index is 12.0. The SMILES string of the molecule is Cc1cccc(C)c1OC[C@H](C)NC(=O)NC1CCC(O)CC1. The first-order chi connectivity index (χ1) is 11.0. The molecule has 1 saturated carbocycles. The van der Waals surface area contributed by atoms with Gasteiger partial charge in [-0.05, 0) is 57.6 Å². The lowest BCUT2D eigenvalue weighted by Gasteiger charge is -2.27. The summed E-state index contributed by atoms with van der Waals surface area (Å²) in [4.78, 5) is 12.0. The summed E-state index contributed by atoms with van der Waals surface area (Å²) in [6.07, 6.45) is 2.98. The lowest BCUT2D eigenvalue weighted by atomic mass is 9.93. The molecule has 1 aliphatic rings. The molecule has 1 atom stereocenters. The molecule has 0 aliphatic heterocycles. The fraction of sp³-hybridized carbons (Fsp3) is 0.611. The maximum atomic E-state index is 12.0. The summed E-state index contributed by atoms with van der Waals surface area (Å²) in [6, 6.07) is 5.96. The molecular weight excluding hydrogens is 292 g/mol. The molecule has 0 heterocycles. The van der Waals surface area contributed by atoms with E-state index in [0.717, 1.165) is 42.6 Å². The van der Waals surface area contributed by atoms with E-state index in [1.807, 2.05) is 39.0 Å². The van der Waals surface area contributed by atoms with Gasteiger partial charge in [0.2, 0.25) is 0 Å². The zero-order chi connectivity index (χ0) is 16.8. The molecule has 2 amide bonds. The molecule has 0 bridgehead atoms. The molecule has 128 valence electrons. The van der Waals surface area contributed by atoms with Crippen LogP contribution < -0.4 is 15.4 Å². The number of aliphatic hydroxyl groups is 1. The van der Waals surface area contributed by atoms with Crippen molar-refractivity contribution in [3.8, 4) is 5.75 Å². The lowest BCUT2D eigenvalue weighted by molar-refractivity contribution is 0.117. The minimum Gasteiger partial charge on any atom is -0.491 e.